The number of amides is 1. The van der Waals surface area contributed by atoms with E-state index in [1.165, 1.54) is 13.2 Å². The quantitative estimate of drug-likeness (QED) is 0.854. The van der Waals surface area contributed by atoms with Gasteiger partial charge in [-0.3, -0.25) is 4.79 Å². The molecule has 1 fully saturated rings. The van der Waals surface area contributed by atoms with Gasteiger partial charge in [-0.05, 0) is 44.1 Å². The molecule has 104 valence electrons. The van der Waals surface area contributed by atoms with Crippen LogP contribution >= 0.6 is 0 Å². The molecule has 1 saturated heterocycles. The van der Waals surface area contributed by atoms with Gasteiger partial charge in [-0.25, -0.2) is 0 Å². The first-order valence-corrected chi connectivity index (χ1v) is 6.44. The number of hydrogen-bond acceptors (Lipinski definition) is 4. The lowest BCUT2D eigenvalue weighted by Crippen LogP contribution is -2.30. The molecule has 2 N–H and O–H groups in total. The van der Waals surface area contributed by atoms with Crippen molar-refractivity contribution >= 4 is 5.91 Å². The van der Waals surface area contributed by atoms with Gasteiger partial charge in [0.15, 0.2) is 11.5 Å². The molecule has 1 aliphatic rings. The maximum absolute atomic E-state index is 12.0. The highest BCUT2D eigenvalue weighted by molar-refractivity contribution is 5.94. The van der Waals surface area contributed by atoms with Crippen molar-refractivity contribution in [3.63, 3.8) is 0 Å². The lowest BCUT2D eigenvalue weighted by molar-refractivity contribution is 0.0947. The number of benzene rings is 1. The second-order valence-corrected chi connectivity index (χ2v) is 5.01. The topological polar surface area (TPSA) is 61.8 Å². The third-order valence-corrected chi connectivity index (χ3v) is 3.48. The highest BCUT2D eigenvalue weighted by atomic mass is 16.5. The molecule has 5 heteroatoms. The number of likely N-dealkylation sites (tertiary alicyclic amines) is 1. The normalized spacial score (nSPS) is 19.4. The Kier molecular flexibility index (Phi) is 4.27. The van der Waals surface area contributed by atoms with E-state index >= 15 is 0 Å². The van der Waals surface area contributed by atoms with E-state index in [1.54, 1.807) is 12.1 Å². The summed E-state index contributed by atoms with van der Waals surface area (Å²) in [6.07, 6.45) is 1.12. The molecule has 2 rings (SSSR count). The number of methoxy groups -OCH3 is 1. The first kappa shape index (κ1) is 13.7. The monoisotopic (exact) mass is 264 g/mol. The lowest BCUT2D eigenvalue weighted by atomic mass is 10.1. The number of phenolic OH excluding ortho intramolecular Hbond substituents is 1. The predicted octanol–water partition coefficient (Wildman–Crippen LogP) is 1.08. The zero-order chi connectivity index (χ0) is 13.8. The Morgan fingerprint density at radius 1 is 1.58 bits per heavy atom. The molecule has 1 unspecified atom stereocenters. The smallest absolute Gasteiger partial charge is 0.251 e. The van der Waals surface area contributed by atoms with Crippen molar-refractivity contribution in [3.05, 3.63) is 23.8 Å². The number of ether oxygens (including phenoxy) is 1. The van der Waals surface area contributed by atoms with Gasteiger partial charge >= 0.3 is 0 Å². The first-order valence-electron chi connectivity index (χ1n) is 6.44. The number of hydrogen-bond donors (Lipinski definition) is 2. The molecular formula is C14H20N2O3. The number of carbonyl (C=O) groups is 1. The van der Waals surface area contributed by atoms with Crippen LogP contribution in [0.2, 0.25) is 0 Å². The summed E-state index contributed by atoms with van der Waals surface area (Å²) in [5, 5.41) is 12.4. The highest BCUT2D eigenvalue weighted by Gasteiger charge is 2.20. The summed E-state index contributed by atoms with van der Waals surface area (Å²) < 4.78 is 4.99. The average molecular weight is 264 g/mol. The molecule has 0 aromatic heterocycles. The Morgan fingerprint density at radius 3 is 3.00 bits per heavy atom. The van der Waals surface area contributed by atoms with E-state index in [9.17, 15) is 9.90 Å². The summed E-state index contributed by atoms with van der Waals surface area (Å²) in [7, 11) is 3.55. The standard InChI is InChI=1S/C14H20N2O3/c1-16-6-5-10(9-16)8-15-14(18)11-3-4-12(17)13(7-11)19-2/h3-4,7,10,17H,5-6,8-9H2,1-2H3,(H,15,18). The van der Waals surface area contributed by atoms with Gasteiger partial charge in [-0.1, -0.05) is 0 Å². The van der Waals surface area contributed by atoms with Crippen LogP contribution in [0.25, 0.3) is 0 Å². The maximum atomic E-state index is 12.0. The predicted molar refractivity (Wildman–Crippen MR) is 72.6 cm³/mol. The minimum Gasteiger partial charge on any atom is -0.504 e. The van der Waals surface area contributed by atoms with Crippen LogP contribution in [0.1, 0.15) is 16.8 Å². The fraction of sp³-hybridized carbons (Fsp3) is 0.500. The van der Waals surface area contributed by atoms with Gasteiger partial charge in [0, 0.05) is 18.7 Å². The van der Waals surface area contributed by atoms with Gasteiger partial charge in [0.1, 0.15) is 0 Å². The van der Waals surface area contributed by atoms with Crippen LogP contribution < -0.4 is 10.1 Å². The summed E-state index contributed by atoms with van der Waals surface area (Å²) in [6, 6.07) is 4.61. The number of rotatable bonds is 4. The Hall–Kier alpha value is -1.75. The molecule has 0 saturated carbocycles. The number of phenols is 1. The van der Waals surface area contributed by atoms with Gasteiger partial charge in [-0.2, -0.15) is 0 Å². The molecule has 1 aromatic rings. The van der Waals surface area contributed by atoms with Crippen molar-refractivity contribution in [1.82, 2.24) is 10.2 Å². The molecule has 19 heavy (non-hydrogen) atoms. The Bertz CT molecular complexity index is 462. The number of nitrogens with one attached hydrogen (secondary N) is 1. The third kappa shape index (κ3) is 3.38. The number of aromatic hydroxyl groups is 1. The van der Waals surface area contributed by atoms with E-state index in [1.807, 2.05) is 0 Å². The van der Waals surface area contributed by atoms with E-state index < -0.39 is 0 Å². The van der Waals surface area contributed by atoms with Crippen LogP contribution in [-0.2, 0) is 0 Å². The van der Waals surface area contributed by atoms with Crippen LogP contribution in [-0.4, -0.2) is 49.7 Å². The average Bonchev–Trinajstić information content (AvgIpc) is 2.82. The third-order valence-electron chi connectivity index (χ3n) is 3.48. The second-order valence-electron chi connectivity index (χ2n) is 5.01. The van der Waals surface area contributed by atoms with Crippen molar-refractivity contribution in [2.75, 3.05) is 33.8 Å². The van der Waals surface area contributed by atoms with E-state index in [0.717, 1.165) is 19.5 Å². The Balaban J connectivity index is 1.92. The molecule has 1 atom stereocenters. The molecule has 0 bridgehead atoms. The molecule has 1 heterocycles. The zero-order valence-corrected chi connectivity index (χ0v) is 11.3. The van der Waals surface area contributed by atoms with Crippen molar-refractivity contribution in [2.24, 2.45) is 5.92 Å². The molecule has 5 nitrogen and oxygen atoms in total. The van der Waals surface area contributed by atoms with Crippen molar-refractivity contribution in [2.45, 2.75) is 6.42 Å². The summed E-state index contributed by atoms with van der Waals surface area (Å²) in [5.74, 6) is 0.741. The second kappa shape index (κ2) is 5.93. The fourth-order valence-corrected chi connectivity index (χ4v) is 2.35. The molecule has 1 amide bonds. The van der Waals surface area contributed by atoms with Gasteiger partial charge in [0.05, 0.1) is 7.11 Å². The van der Waals surface area contributed by atoms with Crippen molar-refractivity contribution < 1.29 is 14.6 Å². The fourth-order valence-electron chi connectivity index (χ4n) is 2.35. The van der Waals surface area contributed by atoms with Gasteiger partial charge in [-0.15, -0.1) is 0 Å². The van der Waals surface area contributed by atoms with Gasteiger partial charge < -0.3 is 20.1 Å². The van der Waals surface area contributed by atoms with Gasteiger partial charge in [0.25, 0.3) is 5.91 Å². The minimum atomic E-state index is -0.132. The van der Waals surface area contributed by atoms with Gasteiger partial charge in [0.2, 0.25) is 0 Å². The number of carbonyl (C=O) groups excluding carboxylic acids is 1. The van der Waals surface area contributed by atoms with E-state index in [0.29, 0.717) is 23.8 Å². The van der Waals surface area contributed by atoms with Crippen LogP contribution in [0.4, 0.5) is 0 Å². The molecule has 0 aliphatic carbocycles. The number of nitrogens with zero attached hydrogens (tertiary/aromatic N) is 1. The van der Waals surface area contributed by atoms with E-state index in [-0.39, 0.29) is 11.7 Å². The molecule has 0 spiro atoms. The van der Waals surface area contributed by atoms with E-state index in [4.69, 9.17) is 4.74 Å². The van der Waals surface area contributed by atoms with Crippen LogP contribution in [0.3, 0.4) is 0 Å². The molecule has 1 aromatic carbocycles. The molecular weight excluding hydrogens is 244 g/mol. The Labute approximate surface area is 113 Å². The largest absolute Gasteiger partial charge is 0.504 e. The summed E-state index contributed by atoms with van der Waals surface area (Å²) in [5.41, 5.74) is 0.501. The summed E-state index contributed by atoms with van der Waals surface area (Å²) in [6.45, 7) is 2.80. The highest BCUT2D eigenvalue weighted by Crippen LogP contribution is 2.26. The summed E-state index contributed by atoms with van der Waals surface area (Å²) in [4.78, 5) is 14.3. The SMILES string of the molecule is COc1cc(C(=O)NCC2CCN(C)C2)ccc1O. The Morgan fingerprint density at radius 2 is 2.37 bits per heavy atom. The molecule has 1 aliphatic heterocycles. The maximum Gasteiger partial charge on any atom is 0.251 e. The van der Waals surface area contributed by atoms with Crippen molar-refractivity contribution in [1.29, 1.82) is 0 Å². The first-order chi connectivity index (χ1) is 9.10. The zero-order valence-electron chi connectivity index (χ0n) is 11.3. The van der Waals surface area contributed by atoms with Crippen LogP contribution in [0, 0.1) is 5.92 Å². The summed E-state index contributed by atoms with van der Waals surface area (Å²) >= 11 is 0. The minimum absolute atomic E-state index is 0.0384. The molecule has 0 radical (unpaired) electrons. The van der Waals surface area contributed by atoms with Crippen LogP contribution in [0.15, 0.2) is 18.2 Å². The van der Waals surface area contributed by atoms with Crippen LogP contribution in [0.5, 0.6) is 11.5 Å². The van der Waals surface area contributed by atoms with Crippen molar-refractivity contribution in [3.8, 4) is 11.5 Å². The lowest BCUT2D eigenvalue weighted by Gasteiger charge is -2.12. The van der Waals surface area contributed by atoms with E-state index in [2.05, 4.69) is 17.3 Å².